The largest absolute Gasteiger partial charge is 0.356 e. The number of benzene rings is 1. The third-order valence-corrected chi connectivity index (χ3v) is 3.49. The molecule has 0 aliphatic rings. The lowest BCUT2D eigenvalue weighted by Gasteiger charge is -2.10. The fourth-order valence-corrected chi connectivity index (χ4v) is 1.87. The quantitative estimate of drug-likeness (QED) is 0.792. The van der Waals surface area contributed by atoms with Crippen LogP contribution in [-0.2, 0) is 11.2 Å². The van der Waals surface area contributed by atoms with Crippen LogP contribution in [0.5, 0.6) is 0 Å². The fraction of sp³-hybridized carbons (Fsp3) is 0.562. The Hall–Kier alpha value is -1.35. The van der Waals surface area contributed by atoms with E-state index in [2.05, 4.69) is 37.4 Å². The first-order chi connectivity index (χ1) is 9.02. The van der Waals surface area contributed by atoms with Gasteiger partial charge in [-0.2, -0.15) is 0 Å². The molecule has 0 saturated carbocycles. The van der Waals surface area contributed by atoms with Crippen molar-refractivity contribution in [2.24, 2.45) is 11.7 Å². The van der Waals surface area contributed by atoms with Crippen LogP contribution < -0.4 is 11.1 Å². The Balaban J connectivity index is 2.26. The Morgan fingerprint density at radius 1 is 1.32 bits per heavy atom. The Morgan fingerprint density at radius 3 is 2.68 bits per heavy atom. The molecule has 0 heterocycles. The summed E-state index contributed by atoms with van der Waals surface area (Å²) in [6, 6.07) is 6.51. The van der Waals surface area contributed by atoms with Crippen LogP contribution in [0.25, 0.3) is 0 Å². The number of rotatable bonds is 7. The molecule has 3 nitrogen and oxygen atoms in total. The number of nitrogens with one attached hydrogen (secondary N) is 1. The number of aryl methyl sites for hydroxylation is 3. The zero-order valence-corrected chi connectivity index (χ0v) is 12.3. The molecule has 106 valence electrons. The second kappa shape index (κ2) is 7.95. The van der Waals surface area contributed by atoms with E-state index in [1.807, 2.05) is 6.92 Å². The second-order valence-electron chi connectivity index (χ2n) is 5.42. The van der Waals surface area contributed by atoms with E-state index in [-0.39, 0.29) is 5.91 Å². The van der Waals surface area contributed by atoms with Gasteiger partial charge in [0.2, 0.25) is 5.91 Å². The minimum atomic E-state index is 0.129. The monoisotopic (exact) mass is 262 g/mol. The lowest BCUT2D eigenvalue weighted by Crippen LogP contribution is -2.31. The molecule has 1 aromatic carbocycles. The smallest absolute Gasteiger partial charge is 0.220 e. The highest BCUT2D eigenvalue weighted by Crippen LogP contribution is 2.12. The predicted molar refractivity (Wildman–Crippen MR) is 80.1 cm³/mol. The molecule has 19 heavy (non-hydrogen) atoms. The zero-order chi connectivity index (χ0) is 14.3. The first kappa shape index (κ1) is 15.7. The molecule has 1 atom stereocenters. The second-order valence-corrected chi connectivity index (χ2v) is 5.42. The van der Waals surface area contributed by atoms with Gasteiger partial charge >= 0.3 is 0 Å². The van der Waals surface area contributed by atoms with E-state index in [1.165, 1.54) is 16.7 Å². The van der Waals surface area contributed by atoms with E-state index in [9.17, 15) is 4.79 Å². The molecular weight excluding hydrogens is 236 g/mol. The van der Waals surface area contributed by atoms with Gasteiger partial charge < -0.3 is 11.1 Å². The molecule has 3 N–H and O–H groups in total. The summed E-state index contributed by atoms with van der Waals surface area (Å²) in [4.78, 5) is 11.6. The van der Waals surface area contributed by atoms with Gasteiger partial charge in [0, 0.05) is 13.0 Å². The third-order valence-electron chi connectivity index (χ3n) is 3.49. The SMILES string of the molecule is Cc1ccc(CCCC(=O)NCC(C)CN)cc1C. The molecule has 1 unspecified atom stereocenters. The molecule has 0 bridgehead atoms. The van der Waals surface area contributed by atoms with Crippen molar-refractivity contribution in [1.82, 2.24) is 5.32 Å². The van der Waals surface area contributed by atoms with E-state index >= 15 is 0 Å². The van der Waals surface area contributed by atoms with Gasteiger partial charge in [0.25, 0.3) is 0 Å². The summed E-state index contributed by atoms with van der Waals surface area (Å²) in [6.07, 6.45) is 2.44. The van der Waals surface area contributed by atoms with Crippen molar-refractivity contribution in [2.45, 2.75) is 40.0 Å². The molecule has 0 radical (unpaired) electrons. The van der Waals surface area contributed by atoms with Crippen LogP contribution in [0.4, 0.5) is 0 Å². The van der Waals surface area contributed by atoms with E-state index < -0.39 is 0 Å². The molecule has 3 heteroatoms. The highest BCUT2D eigenvalue weighted by Gasteiger charge is 2.04. The normalized spacial score (nSPS) is 12.2. The average molecular weight is 262 g/mol. The molecule has 1 amide bonds. The summed E-state index contributed by atoms with van der Waals surface area (Å²) in [5, 5.41) is 2.92. The van der Waals surface area contributed by atoms with Crippen LogP contribution >= 0.6 is 0 Å². The molecule has 1 rings (SSSR count). The maximum Gasteiger partial charge on any atom is 0.220 e. The lowest BCUT2D eigenvalue weighted by molar-refractivity contribution is -0.121. The van der Waals surface area contributed by atoms with Gasteiger partial charge in [0.1, 0.15) is 0 Å². The van der Waals surface area contributed by atoms with E-state index in [4.69, 9.17) is 5.73 Å². The van der Waals surface area contributed by atoms with Crippen LogP contribution in [0.1, 0.15) is 36.5 Å². The van der Waals surface area contributed by atoms with Gasteiger partial charge in [-0.25, -0.2) is 0 Å². The van der Waals surface area contributed by atoms with E-state index in [0.29, 0.717) is 25.4 Å². The Morgan fingerprint density at radius 2 is 2.05 bits per heavy atom. The van der Waals surface area contributed by atoms with Crippen LogP contribution in [0.15, 0.2) is 18.2 Å². The van der Waals surface area contributed by atoms with Crippen LogP contribution in [0, 0.1) is 19.8 Å². The number of amides is 1. The Kier molecular flexibility index (Phi) is 6.57. The summed E-state index contributed by atoms with van der Waals surface area (Å²) in [7, 11) is 0. The maximum atomic E-state index is 11.6. The molecule has 0 aliphatic carbocycles. The van der Waals surface area contributed by atoms with Crippen LogP contribution in [-0.4, -0.2) is 19.0 Å². The summed E-state index contributed by atoms with van der Waals surface area (Å²) in [5.41, 5.74) is 9.46. The molecule has 1 aromatic rings. The number of carbonyl (C=O) groups excluding carboxylic acids is 1. The average Bonchev–Trinajstić information content (AvgIpc) is 2.40. The summed E-state index contributed by atoms with van der Waals surface area (Å²) >= 11 is 0. The number of hydrogen-bond acceptors (Lipinski definition) is 2. The van der Waals surface area contributed by atoms with Crippen molar-refractivity contribution < 1.29 is 4.79 Å². The molecule has 0 aliphatic heterocycles. The van der Waals surface area contributed by atoms with Crippen molar-refractivity contribution >= 4 is 5.91 Å². The van der Waals surface area contributed by atoms with E-state index in [0.717, 1.165) is 12.8 Å². The molecular formula is C16H26N2O. The summed E-state index contributed by atoms with van der Waals surface area (Å²) < 4.78 is 0. The van der Waals surface area contributed by atoms with Crippen molar-refractivity contribution in [2.75, 3.05) is 13.1 Å². The number of nitrogens with two attached hydrogens (primary N) is 1. The highest BCUT2D eigenvalue weighted by atomic mass is 16.1. The molecule has 0 fully saturated rings. The third kappa shape index (κ3) is 5.88. The van der Waals surface area contributed by atoms with Gasteiger partial charge in [-0.05, 0) is 55.8 Å². The molecule has 0 aromatic heterocycles. The minimum absolute atomic E-state index is 0.129. The van der Waals surface area contributed by atoms with Crippen molar-refractivity contribution in [3.05, 3.63) is 34.9 Å². The van der Waals surface area contributed by atoms with Gasteiger partial charge in [-0.15, -0.1) is 0 Å². The summed E-state index contributed by atoms with van der Waals surface area (Å²) in [5.74, 6) is 0.479. The van der Waals surface area contributed by atoms with Crippen molar-refractivity contribution in [3.63, 3.8) is 0 Å². The Labute approximate surface area is 116 Å². The minimum Gasteiger partial charge on any atom is -0.356 e. The first-order valence-electron chi connectivity index (χ1n) is 7.05. The Bertz CT molecular complexity index is 415. The fourth-order valence-electron chi connectivity index (χ4n) is 1.87. The standard InChI is InChI=1S/C16H26N2O/c1-12(10-17)11-18-16(19)6-4-5-15-8-7-13(2)14(3)9-15/h7-9,12H,4-6,10-11,17H2,1-3H3,(H,18,19). The highest BCUT2D eigenvalue weighted by molar-refractivity contribution is 5.75. The first-order valence-corrected chi connectivity index (χ1v) is 7.05. The maximum absolute atomic E-state index is 11.6. The van der Waals surface area contributed by atoms with Crippen LogP contribution in [0.3, 0.4) is 0 Å². The molecule has 0 saturated heterocycles. The van der Waals surface area contributed by atoms with Crippen molar-refractivity contribution in [3.8, 4) is 0 Å². The summed E-state index contributed by atoms with van der Waals surface area (Å²) in [6.45, 7) is 7.57. The zero-order valence-electron chi connectivity index (χ0n) is 12.3. The van der Waals surface area contributed by atoms with Gasteiger partial charge in [-0.3, -0.25) is 4.79 Å². The number of carbonyl (C=O) groups is 1. The lowest BCUT2D eigenvalue weighted by atomic mass is 10.0. The van der Waals surface area contributed by atoms with Crippen molar-refractivity contribution in [1.29, 1.82) is 0 Å². The van der Waals surface area contributed by atoms with E-state index in [1.54, 1.807) is 0 Å². The van der Waals surface area contributed by atoms with Crippen LogP contribution in [0.2, 0.25) is 0 Å². The topological polar surface area (TPSA) is 55.1 Å². The van der Waals surface area contributed by atoms with Gasteiger partial charge in [0.05, 0.1) is 0 Å². The predicted octanol–water partition coefficient (Wildman–Crippen LogP) is 2.34. The van der Waals surface area contributed by atoms with Gasteiger partial charge in [-0.1, -0.05) is 25.1 Å². The molecule has 0 spiro atoms. The number of hydrogen-bond donors (Lipinski definition) is 2. The van der Waals surface area contributed by atoms with Gasteiger partial charge in [0.15, 0.2) is 0 Å².